The molecule has 5 nitrogen and oxygen atoms in total. The molecule has 70 valence electrons. The maximum atomic E-state index is 10.1. The summed E-state index contributed by atoms with van der Waals surface area (Å²) in [6.07, 6.45) is 0.381. The minimum atomic E-state index is -1.07. The highest BCUT2D eigenvalue weighted by Crippen LogP contribution is 2.11. The number of aliphatic hydroxyl groups excluding tert-OH is 1. The van der Waals surface area contributed by atoms with Gasteiger partial charge in [-0.25, -0.2) is 0 Å². The molecule has 0 unspecified atom stereocenters. The first kappa shape index (κ1) is 9.60. The number of aliphatic hydroxyl groups is 1. The van der Waals surface area contributed by atoms with Gasteiger partial charge in [-0.05, 0) is 13.0 Å². The topological polar surface area (TPSA) is 76.3 Å². The zero-order valence-corrected chi connectivity index (χ0v) is 7.17. The molecular formula is C8H10N2O3. The number of nitro groups is 1. The molecule has 1 aromatic heterocycles. The number of hydrogen-bond acceptors (Lipinski definition) is 4. The van der Waals surface area contributed by atoms with Gasteiger partial charge in [0.25, 0.3) is 0 Å². The third-order valence-corrected chi connectivity index (χ3v) is 1.64. The van der Waals surface area contributed by atoms with Gasteiger partial charge < -0.3 is 5.11 Å². The predicted molar refractivity (Wildman–Crippen MR) is 45.8 cm³/mol. The summed E-state index contributed by atoms with van der Waals surface area (Å²) in [5.74, 6) is 0. The standard InChI is InChI=1S/C8H10N2O3/c1-6-2-3-7(4-9-6)8(11)5-10(12)13/h2-4,8,11H,5H2,1H3/t8-/m0/s1. The van der Waals surface area contributed by atoms with Crippen LogP contribution in [-0.4, -0.2) is 21.6 Å². The van der Waals surface area contributed by atoms with E-state index in [0.29, 0.717) is 5.56 Å². The number of rotatable bonds is 3. The van der Waals surface area contributed by atoms with Crippen molar-refractivity contribution in [1.82, 2.24) is 4.98 Å². The first-order valence-electron chi connectivity index (χ1n) is 3.82. The molecule has 0 aromatic carbocycles. The van der Waals surface area contributed by atoms with Gasteiger partial charge in [-0.1, -0.05) is 6.07 Å². The number of hydrogen-bond donors (Lipinski definition) is 1. The van der Waals surface area contributed by atoms with E-state index in [9.17, 15) is 15.2 Å². The molecular weight excluding hydrogens is 172 g/mol. The Labute approximate surface area is 75.2 Å². The monoisotopic (exact) mass is 182 g/mol. The maximum Gasteiger partial charge on any atom is 0.233 e. The highest BCUT2D eigenvalue weighted by atomic mass is 16.6. The van der Waals surface area contributed by atoms with E-state index in [0.717, 1.165) is 5.69 Å². The van der Waals surface area contributed by atoms with Gasteiger partial charge >= 0.3 is 0 Å². The zero-order valence-electron chi connectivity index (χ0n) is 7.17. The van der Waals surface area contributed by atoms with Crippen LogP contribution in [0.5, 0.6) is 0 Å². The minimum Gasteiger partial charge on any atom is -0.381 e. The van der Waals surface area contributed by atoms with E-state index in [1.165, 1.54) is 6.20 Å². The predicted octanol–water partition coefficient (Wildman–Crippen LogP) is 0.700. The summed E-state index contributed by atoms with van der Waals surface area (Å²) in [4.78, 5) is 13.4. The quantitative estimate of drug-likeness (QED) is 0.551. The van der Waals surface area contributed by atoms with Crippen LogP contribution in [0.4, 0.5) is 0 Å². The molecule has 0 amide bonds. The average molecular weight is 182 g/mol. The Morgan fingerprint density at radius 1 is 1.69 bits per heavy atom. The average Bonchev–Trinajstić information content (AvgIpc) is 2.04. The van der Waals surface area contributed by atoms with Crippen molar-refractivity contribution in [3.05, 3.63) is 39.7 Å². The molecule has 1 atom stereocenters. The van der Waals surface area contributed by atoms with Crippen LogP contribution >= 0.6 is 0 Å². The van der Waals surface area contributed by atoms with Gasteiger partial charge in [0.2, 0.25) is 6.54 Å². The van der Waals surface area contributed by atoms with E-state index in [1.807, 2.05) is 6.92 Å². The van der Waals surface area contributed by atoms with Crippen molar-refractivity contribution < 1.29 is 10.0 Å². The summed E-state index contributed by atoms with van der Waals surface area (Å²) in [6.45, 7) is 1.33. The van der Waals surface area contributed by atoms with Crippen molar-refractivity contribution in [2.75, 3.05) is 6.54 Å². The van der Waals surface area contributed by atoms with Gasteiger partial charge in [-0.3, -0.25) is 15.1 Å². The van der Waals surface area contributed by atoms with Crippen molar-refractivity contribution in [2.24, 2.45) is 0 Å². The van der Waals surface area contributed by atoms with Crippen LogP contribution in [0.2, 0.25) is 0 Å². The van der Waals surface area contributed by atoms with E-state index in [-0.39, 0.29) is 0 Å². The first-order valence-corrected chi connectivity index (χ1v) is 3.82. The summed E-state index contributed by atoms with van der Waals surface area (Å²) in [5, 5.41) is 19.4. The molecule has 0 fully saturated rings. The van der Waals surface area contributed by atoms with Gasteiger partial charge in [-0.15, -0.1) is 0 Å². The second-order valence-electron chi connectivity index (χ2n) is 2.76. The Kier molecular flexibility index (Phi) is 2.92. The fourth-order valence-electron chi connectivity index (χ4n) is 0.923. The molecule has 0 aliphatic heterocycles. The van der Waals surface area contributed by atoms with Crippen LogP contribution in [-0.2, 0) is 0 Å². The molecule has 1 N–H and O–H groups in total. The third kappa shape index (κ3) is 2.79. The van der Waals surface area contributed by atoms with Gasteiger partial charge in [0.1, 0.15) is 6.10 Å². The summed E-state index contributed by atoms with van der Waals surface area (Å²) < 4.78 is 0. The molecule has 0 aliphatic rings. The van der Waals surface area contributed by atoms with Crippen LogP contribution in [0.1, 0.15) is 17.4 Å². The number of aromatic nitrogens is 1. The molecule has 5 heteroatoms. The molecule has 1 rings (SSSR count). The second-order valence-corrected chi connectivity index (χ2v) is 2.76. The molecule has 13 heavy (non-hydrogen) atoms. The highest BCUT2D eigenvalue weighted by Gasteiger charge is 2.13. The highest BCUT2D eigenvalue weighted by molar-refractivity contribution is 5.15. The maximum absolute atomic E-state index is 10.1. The second kappa shape index (κ2) is 3.95. The molecule has 0 saturated heterocycles. The Morgan fingerprint density at radius 2 is 2.38 bits per heavy atom. The Morgan fingerprint density at radius 3 is 2.85 bits per heavy atom. The van der Waals surface area contributed by atoms with Crippen LogP contribution in [0, 0.1) is 17.0 Å². The first-order chi connectivity index (χ1) is 6.09. The lowest BCUT2D eigenvalue weighted by Gasteiger charge is -2.05. The minimum absolute atomic E-state index is 0.474. The van der Waals surface area contributed by atoms with Gasteiger partial charge in [0, 0.05) is 22.4 Å². The Bertz CT molecular complexity index is 297. The lowest BCUT2D eigenvalue weighted by molar-refractivity contribution is -0.491. The molecule has 0 spiro atoms. The van der Waals surface area contributed by atoms with E-state index in [2.05, 4.69) is 4.98 Å². The van der Waals surface area contributed by atoms with Gasteiger partial charge in [-0.2, -0.15) is 0 Å². The van der Waals surface area contributed by atoms with Crippen LogP contribution < -0.4 is 0 Å². The molecule has 0 radical (unpaired) electrons. The summed E-state index contributed by atoms with van der Waals surface area (Å²) >= 11 is 0. The Hall–Kier alpha value is -1.49. The fraction of sp³-hybridized carbons (Fsp3) is 0.375. The third-order valence-electron chi connectivity index (χ3n) is 1.64. The number of pyridine rings is 1. The lowest BCUT2D eigenvalue weighted by atomic mass is 10.1. The molecule has 1 aromatic rings. The van der Waals surface area contributed by atoms with Gasteiger partial charge in [0.05, 0.1) is 0 Å². The van der Waals surface area contributed by atoms with Crippen molar-refractivity contribution in [3.8, 4) is 0 Å². The van der Waals surface area contributed by atoms with Crippen LogP contribution in [0.25, 0.3) is 0 Å². The normalized spacial score (nSPS) is 12.5. The van der Waals surface area contributed by atoms with Crippen molar-refractivity contribution in [2.45, 2.75) is 13.0 Å². The Balaban J connectivity index is 2.71. The summed E-state index contributed by atoms with van der Waals surface area (Å²) in [5.41, 5.74) is 1.29. The van der Waals surface area contributed by atoms with Crippen LogP contribution in [0.15, 0.2) is 18.3 Å². The van der Waals surface area contributed by atoms with E-state index in [1.54, 1.807) is 12.1 Å². The summed E-state index contributed by atoms with van der Waals surface area (Å²) in [7, 11) is 0. The van der Waals surface area contributed by atoms with Crippen molar-refractivity contribution in [3.63, 3.8) is 0 Å². The van der Waals surface area contributed by atoms with Gasteiger partial charge in [0.15, 0.2) is 0 Å². The SMILES string of the molecule is Cc1ccc([C@@H](O)C[N+](=O)[O-])cn1. The van der Waals surface area contributed by atoms with E-state index >= 15 is 0 Å². The fourth-order valence-corrected chi connectivity index (χ4v) is 0.923. The summed E-state index contributed by atoms with van der Waals surface area (Å²) in [6, 6.07) is 3.34. The smallest absolute Gasteiger partial charge is 0.233 e. The molecule has 0 aliphatic carbocycles. The van der Waals surface area contributed by atoms with E-state index < -0.39 is 17.6 Å². The number of aryl methyl sites for hydroxylation is 1. The zero-order chi connectivity index (χ0) is 9.84. The van der Waals surface area contributed by atoms with E-state index in [4.69, 9.17) is 0 Å². The van der Waals surface area contributed by atoms with Crippen molar-refractivity contribution >= 4 is 0 Å². The molecule has 1 heterocycles. The largest absolute Gasteiger partial charge is 0.381 e. The lowest BCUT2D eigenvalue weighted by Crippen LogP contribution is -2.11. The molecule has 0 bridgehead atoms. The van der Waals surface area contributed by atoms with Crippen molar-refractivity contribution in [1.29, 1.82) is 0 Å². The molecule has 0 saturated carbocycles. The van der Waals surface area contributed by atoms with Crippen LogP contribution in [0.3, 0.4) is 0 Å². The number of nitrogens with zero attached hydrogens (tertiary/aromatic N) is 2.